The van der Waals surface area contributed by atoms with Crippen LogP contribution in [0.3, 0.4) is 0 Å². The summed E-state index contributed by atoms with van der Waals surface area (Å²) in [7, 11) is 1.91. The second-order valence-corrected chi connectivity index (χ2v) is 7.77. The summed E-state index contributed by atoms with van der Waals surface area (Å²) in [5, 5.41) is 14.7. The number of aromatic nitrogens is 4. The molecule has 3 aromatic rings. The summed E-state index contributed by atoms with van der Waals surface area (Å²) in [6, 6.07) is 8.34. The van der Waals surface area contributed by atoms with Gasteiger partial charge in [0.2, 0.25) is 0 Å². The third-order valence-corrected chi connectivity index (χ3v) is 5.81. The molecule has 146 valence electrons. The van der Waals surface area contributed by atoms with Crippen molar-refractivity contribution in [3.05, 3.63) is 58.0 Å². The highest BCUT2D eigenvalue weighted by atomic mass is 16.2. The fourth-order valence-electron chi connectivity index (χ4n) is 4.09. The van der Waals surface area contributed by atoms with Crippen LogP contribution in [0.5, 0.6) is 0 Å². The van der Waals surface area contributed by atoms with Crippen LogP contribution in [-0.4, -0.2) is 25.9 Å². The number of benzene rings is 1. The second kappa shape index (κ2) is 7.26. The van der Waals surface area contributed by atoms with Gasteiger partial charge in [-0.1, -0.05) is 18.2 Å². The lowest BCUT2D eigenvalue weighted by atomic mass is 9.89. The van der Waals surface area contributed by atoms with Gasteiger partial charge in [0.1, 0.15) is 5.69 Å². The SMILES string of the molecule is Cc1nn(C)c(C)c1-c1cc(C(=O)NC(C)c2ccc3c(c2)CCCC3)[nH]n1. The first kappa shape index (κ1) is 18.5. The first-order chi connectivity index (χ1) is 13.4. The maximum atomic E-state index is 12.7. The van der Waals surface area contributed by atoms with Crippen LogP contribution in [0.2, 0.25) is 0 Å². The maximum absolute atomic E-state index is 12.7. The molecule has 2 heterocycles. The Labute approximate surface area is 165 Å². The quantitative estimate of drug-likeness (QED) is 0.726. The van der Waals surface area contributed by atoms with Crippen LogP contribution in [0, 0.1) is 13.8 Å². The average Bonchev–Trinajstić information content (AvgIpc) is 3.26. The lowest BCUT2D eigenvalue weighted by molar-refractivity contribution is 0.0935. The van der Waals surface area contributed by atoms with Crippen LogP contribution in [0.1, 0.15) is 64.4 Å². The minimum Gasteiger partial charge on any atom is -0.344 e. The number of hydrogen-bond donors (Lipinski definition) is 2. The molecule has 6 heteroatoms. The van der Waals surface area contributed by atoms with Gasteiger partial charge < -0.3 is 5.32 Å². The summed E-state index contributed by atoms with van der Waals surface area (Å²) in [6.07, 6.45) is 4.83. The fourth-order valence-corrected chi connectivity index (χ4v) is 4.09. The van der Waals surface area contributed by atoms with E-state index in [2.05, 4.69) is 38.8 Å². The van der Waals surface area contributed by atoms with Crippen molar-refractivity contribution in [2.24, 2.45) is 7.05 Å². The van der Waals surface area contributed by atoms with Gasteiger partial charge in [-0.2, -0.15) is 10.2 Å². The van der Waals surface area contributed by atoms with Crippen LogP contribution in [0.4, 0.5) is 0 Å². The molecule has 4 rings (SSSR count). The van der Waals surface area contributed by atoms with E-state index in [-0.39, 0.29) is 11.9 Å². The maximum Gasteiger partial charge on any atom is 0.269 e. The zero-order chi connectivity index (χ0) is 19.8. The molecule has 0 saturated carbocycles. The minimum atomic E-state index is -0.150. The summed E-state index contributed by atoms with van der Waals surface area (Å²) in [5.74, 6) is -0.150. The molecule has 1 aliphatic carbocycles. The van der Waals surface area contributed by atoms with Crippen molar-refractivity contribution in [3.63, 3.8) is 0 Å². The Morgan fingerprint density at radius 3 is 2.64 bits per heavy atom. The highest BCUT2D eigenvalue weighted by molar-refractivity contribution is 5.93. The number of H-pyrrole nitrogens is 1. The van der Waals surface area contributed by atoms with Gasteiger partial charge in [-0.05, 0) is 69.2 Å². The number of aryl methyl sites for hydroxylation is 4. The van der Waals surface area contributed by atoms with E-state index in [1.54, 1.807) is 6.07 Å². The first-order valence-electron chi connectivity index (χ1n) is 9.92. The molecule has 0 radical (unpaired) electrons. The number of rotatable bonds is 4. The van der Waals surface area contributed by atoms with Gasteiger partial charge in [0, 0.05) is 18.3 Å². The molecule has 0 spiro atoms. The predicted octanol–water partition coefficient (Wildman–Crippen LogP) is 3.80. The monoisotopic (exact) mass is 377 g/mol. The van der Waals surface area contributed by atoms with Crippen molar-refractivity contribution in [1.29, 1.82) is 0 Å². The molecule has 0 fully saturated rings. The largest absolute Gasteiger partial charge is 0.344 e. The highest BCUT2D eigenvalue weighted by Gasteiger charge is 2.19. The predicted molar refractivity (Wildman–Crippen MR) is 109 cm³/mol. The molecule has 1 aliphatic rings. The minimum absolute atomic E-state index is 0.0617. The standard InChI is InChI=1S/C22H27N5O/c1-13(17-10-9-16-7-5-6-8-18(16)11-17)23-22(28)20-12-19(24-25-20)21-14(2)26-27(4)15(21)3/h9-13H,5-8H2,1-4H3,(H,23,28)(H,24,25). The van der Waals surface area contributed by atoms with E-state index in [0.29, 0.717) is 5.69 Å². The summed E-state index contributed by atoms with van der Waals surface area (Å²) >= 11 is 0. The third-order valence-electron chi connectivity index (χ3n) is 5.81. The average molecular weight is 377 g/mol. The summed E-state index contributed by atoms with van der Waals surface area (Å²) in [5.41, 5.74) is 8.13. The molecule has 1 atom stereocenters. The molecule has 1 unspecified atom stereocenters. The Morgan fingerprint density at radius 2 is 1.93 bits per heavy atom. The van der Waals surface area contributed by atoms with E-state index < -0.39 is 0 Å². The second-order valence-electron chi connectivity index (χ2n) is 7.77. The van der Waals surface area contributed by atoms with Crippen LogP contribution in [0.15, 0.2) is 24.3 Å². The van der Waals surface area contributed by atoms with E-state index in [0.717, 1.165) is 34.6 Å². The van der Waals surface area contributed by atoms with Gasteiger partial charge in [0.15, 0.2) is 0 Å². The molecule has 2 N–H and O–H groups in total. The Balaban J connectivity index is 1.50. The zero-order valence-electron chi connectivity index (χ0n) is 17.0. The first-order valence-corrected chi connectivity index (χ1v) is 9.92. The van der Waals surface area contributed by atoms with Crippen LogP contribution < -0.4 is 5.32 Å². The van der Waals surface area contributed by atoms with Crippen LogP contribution in [-0.2, 0) is 19.9 Å². The number of aromatic amines is 1. The Kier molecular flexibility index (Phi) is 4.79. The number of fused-ring (bicyclic) bond motifs is 1. The molecule has 0 aliphatic heterocycles. The van der Waals surface area contributed by atoms with E-state index in [4.69, 9.17) is 0 Å². The number of hydrogen-bond acceptors (Lipinski definition) is 3. The van der Waals surface area contributed by atoms with Crippen molar-refractivity contribution in [3.8, 4) is 11.3 Å². The van der Waals surface area contributed by atoms with Crippen molar-refractivity contribution in [2.45, 2.75) is 52.5 Å². The lowest BCUT2D eigenvalue weighted by Gasteiger charge is -2.19. The van der Waals surface area contributed by atoms with Crippen LogP contribution in [0.25, 0.3) is 11.3 Å². The molecule has 6 nitrogen and oxygen atoms in total. The number of nitrogens with one attached hydrogen (secondary N) is 2. The van der Waals surface area contributed by atoms with Crippen molar-refractivity contribution in [2.75, 3.05) is 0 Å². The summed E-state index contributed by atoms with van der Waals surface area (Å²) in [6.45, 7) is 5.98. The van der Waals surface area contributed by atoms with Crippen LogP contribution >= 0.6 is 0 Å². The smallest absolute Gasteiger partial charge is 0.269 e. The highest BCUT2D eigenvalue weighted by Crippen LogP contribution is 2.26. The van der Waals surface area contributed by atoms with Gasteiger partial charge >= 0.3 is 0 Å². The van der Waals surface area contributed by atoms with E-state index in [9.17, 15) is 4.79 Å². The zero-order valence-corrected chi connectivity index (χ0v) is 17.0. The third kappa shape index (κ3) is 3.35. The fraction of sp³-hybridized carbons (Fsp3) is 0.409. The molecular formula is C22H27N5O. The van der Waals surface area contributed by atoms with E-state index in [1.165, 1.54) is 30.4 Å². The molecular weight excluding hydrogens is 350 g/mol. The molecule has 1 aromatic carbocycles. The Bertz CT molecular complexity index is 1030. The summed E-state index contributed by atoms with van der Waals surface area (Å²) < 4.78 is 1.83. The Hall–Kier alpha value is -2.89. The summed E-state index contributed by atoms with van der Waals surface area (Å²) in [4.78, 5) is 12.7. The van der Waals surface area contributed by atoms with Crippen molar-refractivity contribution >= 4 is 5.91 Å². The number of nitrogens with zero attached hydrogens (tertiary/aromatic N) is 3. The number of carbonyl (C=O) groups excluding carboxylic acids is 1. The van der Waals surface area contributed by atoms with Gasteiger partial charge in [-0.25, -0.2) is 0 Å². The van der Waals surface area contributed by atoms with E-state index in [1.807, 2.05) is 32.5 Å². The van der Waals surface area contributed by atoms with Gasteiger partial charge in [-0.3, -0.25) is 14.6 Å². The van der Waals surface area contributed by atoms with Crippen molar-refractivity contribution in [1.82, 2.24) is 25.3 Å². The molecule has 28 heavy (non-hydrogen) atoms. The lowest BCUT2D eigenvalue weighted by Crippen LogP contribution is -2.27. The molecule has 0 saturated heterocycles. The van der Waals surface area contributed by atoms with Gasteiger partial charge in [0.25, 0.3) is 5.91 Å². The normalized spacial score (nSPS) is 14.6. The van der Waals surface area contributed by atoms with E-state index >= 15 is 0 Å². The molecule has 0 bridgehead atoms. The molecule has 2 aromatic heterocycles. The van der Waals surface area contributed by atoms with Gasteiger partial charge in [-0.15, -0.1) is 0 Å². The number of carbonyl (C=O) groups is 1. The van der Waals surface area contributed by atoms with Gasteiger partial charge in [0.05, 0.1) is 17.4 Å². The number of amides is 1. The molecule has 1 amide bonds. The Morgan fingerprint density at radius 1 is 1.18 bits per heavy atom. The topological polar surface area (TPSA) is 75.6 Å². The van der Waals surface area contributed by atoms with Crippen molar-refractivity contribution < 1.29 is 4.79 Å².